The minimum absolute atomic E-state index is 0.0906. The van der Waals surface area contributed by atoms with Crippen molar-refractivity contribution in [1.29, 1.82) is 0 Å². The van der Waals surface area contributed by atoms with Crippen LogP contribution in [0.4, 0.5) is 0 Å². The maximum Gasteiger partial charge on any atom is 0.287 e. The third kappa shape index (κ3) is 4.46. The Hall–Kier alpha value is -2.72. The average molecular weight is 379 g/mol. The zero-order valence-electron chi connectivity index (χ0n) is 15.0. The molecular weight excluding hydrogens is 358 g/mol. The first-order valence-corrected chi connectivity index (χ1v) is 9.18. The maximum atomic E-state index is 12.4. The fourth-order valence-electron chi connectivity index (χ4n) is 2.23. The van der Waals surface area contributed by atoms with E-state index in [-0.39, 0.29) is 10.6 Å². The smallest absolute Gasteiger partial charge is 0.272 e. The second kappa shape index (κ2) is 7.67. The Morgan fingerprint density at radius 3 is 2.31 bits per heavy atom. The normalized spacial score (nSPS) is 11.4. The van der Waals surface area contributed by atoms with Gasteiger partial charge in [0.05, 0.1) is 17.1 Å². The summed E-state index contributed by atoms with van der Waals surface area (Å²) in [6.07, 6.45) is 0. The minimum atomic E-state index is -3.80. The molecule has 0 radical (unpaired) electrons. The van der Waals surface area contributed by atoms with E-state index in [2.05, 4.69) is 16.0 Å². The second-order valence-corrected chi connectivity index (χ2v) is 7.92. The van der Waals surface area contributed by atoms with Crippen molar-refractivity contribution in [3.05, 3.63) is 47.3 Å². The second-order valence-electron chi connectivity index (χ2n) is 5.87. The highest BCUT2D eigenvalue weighted by molar-refractivity contribution is 7.89. The van der Waals surface area contributed by atoms with Gasteiger partial charge in [-0.25, -0.2) is 8.42 Å². The maximum absolute atomic E-state index is 12.4. The van der Waals surface area contributed by atoms with Crippen LogP contribution in [0, 0.1) is 13.8 Å². The van der Waals surface area contributed by atoms with E-state index in [0.717, 1.165) is 9.87 Å². The van der Waals surface area contributed by atoms with Crippen molar-refractivity contribution in [3.63, 3.8) is 0 Å². The molecule has 0 fully saturated rings. The molecule has 2 amide bonds. The van der Waals surface area contributed by atoms with Crippen LogP contribution >= 0.6 is 0 Å². The summed E-state index contributed by atoms with van der Waals surface area (Å²) in [6.45, 7) is 3.14. The van der Waals surface area contributed by atoms with Crippen LogP contribution < -0.4 is 10.9 Å². The monoisotopic (exact) mass is 379 g/mol. The van der Waals surface area contributed by atoms with Crippen LogP contribution in [0.2, 0.25) is 0 Å². The highest BCUT2D eigenvalue weighted by Crippen LogP contribution is 2.14. The number of hydrogen-bond acceptors (Lipinski definition) is 5. The highest BCUT2D eigenvalue weighted by atomic mass is 32.2. The molecule has 2 rings (SSSR count). The van der Waals surface area contributed by atoms with Crippen LogP contribution in [0.3, 0.4) is 0 Å². The lowest BCUT2D eigenvalue weighted by atomic mass is 10.2. The number of aryl methyl sites for hydroxylation is 3. The van der Waals surface area contributed by atoms with Gasteiger partial charge in [0, 0.05) is 14.1 Å². The van der Waals surface area contributed by atoms with Crippen molar-refractivity contribution in [2.75, 3.05) is 13.6 Å². The Balaban J connectivity index is 1.95. The molecule has 0 saturated carbocycles. The van der Waals surface area contributed by atoms with Gasteiger partial charge in [-0.1, -0.05) is 17.7 Å². The van der Waals surface area contributed by atoms with Gasteiger partial charge >= 0.3 is 0 Å². The Morgan fingerprint density at radius 2 is 1.77 bits per heavy atom. The number of aromatic nitrogens is 2. The van der Waals surface area contributed by atoms with E-state index in [1.54, 1.807) is 32.2 Å². The minimum Gasteiger partial charge on any atom is -0.272 e. The number of amides is 2. The van der Waals surface area contributed by atoms with Gasteiger partial charge in [-0.15, -0.1) is 0 Å². The lowest BCUT2D eigenvalue weighted by molar-refractivity contribution is -0.121. The average Bonchev–Trinajstić information content (AvgIpc) is 2.91. The molecule has 1 heterocycles. The fraction of sp³-hybridized carbons (Fsp3) is 0.312. The predicted octanol–water partition coefficient (Wildman–Crippen LogP) is 0.119. The number of nitrogens with zero attached hydrogens (tertiary/aromatic N) is 3. The van der Waals surface area contributed by atoms with E-state index < -0.39 is 28.4 Å². The van der Waals surface area contributed by atoms with Gasteiger partial charge in [-0.05, 0) is 32.0 Å². The molecule has 26 heavy (non-hydrogen) atoms. The molecule has 0 aliphatic carbocycles. The van der Waals surface area contributed by atoms with Crippen molar-refractivity contribution in [2.24, 2.45) is 7.05 Å². The van der Waals surface area contributed by atoms with Crippen LogP contribution in [0.25, 0.3) is 0 Å². The first-order valence-electron chi connectivity index (χ1n) is 7.74. The van der Waals surface area contributed by atoms with Crippen LogP contribution in [0.15, 0.2) is 35.2 Å². The summed E-state index contributed by atoms with van der Waals surface area (Å²) >= 11 is 0. The van der Waals surface area contributed by atoms with Crippen LogP contribution in [-0.4, -0.2) is 47.9 Å². The number of rotatable bonds is 5. The van der Waals surface area contributed by atoms with Gasteiger partial charge in [-0.3, -0.25) is 25.1 Å². The van der Waals surface area contributed by atoms with E-state index >= 15 is 0 Å². The van der Waals surface area contributed by atoms with E-state index in [4.69, 9.17) is 0 Å². The van der Waals surface area contributed by atoms with Crippen LogP contribution in [-0.2, 0) is 21.9 Å². The zero-order chi connectivity index (χ0) is 19.5. The molecule has 10 heteroatoms. The third-order valence-electron chi connectivity index (χ3n) is 3.65. The predicted molar refractivity (Wildman–Crippen MR) is 94.5 cm³/mol. The standard InChI is InChI=1S/C16H21N5O4S/c1-11-5-7-13(8-6-11)26(24,25)20(3)10-15(22)17-18-16(23)14-9-12(2)19-21(14)4/h5-9H,10H2,1-4H3,(H,17,22)(H,18,23). The van der Waals surface area contributed by atoms with Crippen molar-refractivity contribution in [2.45, 2.75) is 18.7 Å². The highest BCUT2D eigenvalue weighted by Gasteiger charge is 2.23. The molecule has 0 unspecified atom stereocenters. The lowest BCUT2D eigenvalue weighted by Crippen LogP contribution is -2.47. The number of benzene rings is 1. The number of carbonyl (C=O) groups excluding carboxylic acids is 2. The van der Waals surface area contributed by atoms with Gasteiger partial charge in [0.15, 0.2) is 0 Å². The molecule has 0 atom stereocenters. The summed E-state index contributed by atoms with van der Waals surface area (Å²) in [5, 5.41) is 4.04. The van der Waals surface area contributed by atoms with E-state index in [1.807, 2.05) is 6.92 Å². The SMILES string of the molecule is Cc1ccc(S(=O)(=O)N(C)CC(=O)NNC(=O)c2cc(C)nn2C)cc1. The summed E-state index contributed by atoms with van der Waals surface area (Å²) in [4.78, 5) is 24.0. The van der Waals surface area contributed by atoms with Gasteiger partial charge in [0.25, 0.3) is 11.8 Å². The lowest BCUT2D eigenvalue weighted by Gasteiger charge is -2.17. The molecule has 1 aromatic heterocycles. The first kappa shape index (κ1) is 19.6. The van der Waals surface area contributed by atoms with E-state index in [1.165, 1.54) is 23.9 Å². The fourth-order valence-corrected chi connectivity index (χ4v) is 3.36. The molecular formula is C16H21N5O4S. The number of sulfonamides is 1. The number of carbonyl (C=O) groups is 2. The van der Waals surface area contributed by atoms with Crippen molar-refractivity contribution in [3.8, 4) is 0 Å². The molecule has 0 spiro atoms. The topological polar surface area (TPSA) is 113 Å². The molecule has 1 aromatic carbocycles. The Kier molecular flexibility index (Phi) is 5.78. The molecule has 2 aromatic rings. The number of hydrogen-bond donors (Lipinski definition) is 2. The Morgan fingerprint density at radius 1 is 1.15 bits per heavy atom. The summed E-state index contributed by atoms with van der Waals surface area (Å²) in [6, 6.07) is 7.88. The van der Waals surface area contributed by atoms with E-state index in [9.17, 15) is 18.0 Å². The summed E-state index contributed by atoms with van der Waals surface area (Å²) < 4.78 is 27.2. The number of hydrazine groups is 1. The van der Waals surface area contributed by atoms with Gasteiger partial charge < -0.3 is 0 Å². The number of nitrogens with one attached hydrogen (secondary N) is 2. The quantitative estimate of drug-likeness (QED) is 0.717. The molecule has 0 bridgehead atoms. The van der Waals surface area contributed by atoms with Gasteiger partial charge in [-0.2, -0.15) is 9.40 Å². The third-order valence-corrected chi connectivity index (χ3v) is 5.46. The zero-order valence-corrected chi connectivity index (χ0v) is 15.8. The number of likely N-dealkylation sites (N-methyl/N-ethyl adjacent to an activating group) is 1. The van der Waals surface area contributed by atoms with Crippen molar-refractivity contribution in [1.82, 2.24) is 24.9 Å². The molecule has 0 aliphatic heterocycles. The van der Waals surface area contributed by atoms with Crippen molar-refractivity contribution < 1.29 is 18.0 Å². The molecule has 0 saturated heterocycles. The largest absolute Gasteiger partial charge is 0.287 e. The van der Waals surface area contributed by atoms with Gasteiger partial charge in [0.1, 0.15) is 5.69 Å². The van der Waals surface area contributed by atoms with Crippen LogP contribution in [0.1, 0.15) is 21.7 Å². The molecule has 9 nitrogen and oxygen atoms in total. The summed E-state index contributed by atoms with van der Waals surface area (Å²) in [5.74, 6) is -1.22. The van der Waals surface area contributed by atoms with Crippen LogP contribution in [0.5, 0.6) is 0 Å². The summed E-state index contributed by atoms with van der Waals surface area (Å²) in [5.41, 5.74) is 6.29. The van der Waals surface area contributed by atoms with E-state index in [0.29, 0.717) is 5.69 Å². The molecule has 140 valence electrons. The Bertz CT molecular complexity index is 919. The molecule has 2 N–H and O–H groups in total. The first-order chi connectivity index (χ1) is 12.1. The summed E-state index contributed by atoms with van der Waals surface area (Å²) in [7, 11) is -0.904. The molecule has 0 aliphatic rings. The van der Waals surface area contributed by atoms with Crippen molar-refractivity contribution >= 4 is 21.8 Å². The Labute approximate surface area is 152 Å². The van der Waals surface area contributed by atoms with Gasteiger partial charge in [0.2, 0.25) is 10.0 Å².